The van der Waals surface area contributed by atoms with E-state index in [9.17, 15) is 14.0 Å². The molecule has 0 aromatic heterocycles. The Balaban J connectivity index is 1.89. The first-order chi connectivity index (χ1) is 12.3. The standard InChI is InChI=1S/C20H23FN2O3/c1-4-26-17-11-9-16(10-12-17)23-18(24)13-22-19(25)20(2,3)14-5-7-15(21)8-6-14/h5-12H,4,13H2,1-3H3,(H,22,25)(H,23,24). The Morgan fingerprint density at radius 2 is 1.65 bits per heavy atom. The third-order valence-electron chi connectivity index (χ3n) is 3.99. The molecule has 0 aliphatic heterocycles. The van der Waals surface area contributed by atoms with Gasteiger partial charge in [0.25, 0.3) is 0 Å². The molecule has 0 saturated heterocycles. The summed E-state index contributed by atoms with van der Waals surface area (Å²) in [5.74, 6) is -0.289. The van der Waals surface area contributed by atoms with Crippen molar-refractivity contribution in [2.45, 2.75) is 26.2 Å². The van der Waals surface area contributed by atoms with E-state index in [0.29, 0.717) is 17.9 Å². The number of hydrogen-bond donors (Lipinski definition) is 2. The van der Waals surface area contributed by atoms with Gasteiger partial charge in [0.15, 0.2) is 0 Å². The number of rotatable bonds is 7. The second-order valence-corrected chi connectivity index (χ2v) is 6.32. The highest BCUT2D eigenvalue weighted by Gasteiger charge is 2.29. The minimum atomic E-state index is -0.882. The van der Waals surface area contributed by atoms with Crippen LogP contribution in [0, 0.1) is 5.82 Å². The summed E-state index contributed by atoms with van der Waals surface area (Å²) >= 11 is 0. The van der Waals surface area contributed by atoms with Crippen molar-refractivity contribution in [3.8, 4) is 5.75 Å². The molecule has 2 aromatic rings. The number of ether oxygens (including phenoxy) is 1. The van der Waals surface area contributed by atoms with Gasteiger partial charge in [-0.25, -0.2) is 4.39 Å². The van der Waals surface area contributed by atoms with Crippen LogP contribution in [0.25, 0.3) is 0 Å². The van der Waals surface area contributed by atoms with Crippen LogP contribution in [0.3, 0.4) is 0 Å². The molecule has 0 radical (unpaired) electrons. The normalized spacial score (nSPS) is 10.9. The SMILES string of the molecule is CCOc1ccc(NC(=O)CNC(=O)C(C)(C)c2ccc(F)cc2)cc1. The number of nitrogens with one attached hydrogen (secondary N) is 2. The minimum absolute atomic E-state index is 0.156. The van der Waals surface area contributed by atoms with E-state index in [1.807, 2.05) is 6.92 Å². The van der Waals surface area contributed by atoms with Crippen molar-refractivity contribution in [3.63, 3.8) is 0 Å². The summed E-state index contributed by atoms with van der Waals surface area (Å²) in [5.41, 5.74) is 0.404. The Kier molecular flexibility index (Phi) is 6.33. The fraction of sp³-hybridized carbons (Fsp3) is 0.300. The first-order valence-corrected chi connectivity index (χ1v) is 8.40. The lowest BCUT2D eigenvalue weighted by molar-refractivity contribution is -0.127. The van der Waals surface area contributed by atoms with E-state index in [-0.39, 0.29) is 24.2 Å². The van der Waals surface area contributed by atoms with E-state index in [4.69, 9.17) is 4.74 Å². The van der Waals surface area contributed by atoms with E-state index < -0.39 is 5.41 Å². The Morgan fingerprint density at radius 3 is 2.23 bits per heavy atom. The van der Waals surface area contributed by atoms with Gasteiger partial charge >= 0.3 is 0 Å². The Morgan fingerprint density at radius 1 is 1.04 bits per heavy atom. The highest BCUT2D eigenvalue weighted by Crippen LogP contribution is 2.23. The molecule has 138 valence electrons. The first kappa shape index (κ1) is 19.4. The van der Waals surface area contributed by atoms with Gasteiger partial charge in [0.1, 0.15) is 11.6 Å². The molecule has 0 fully saturated rings. The van der Waals surface area contributed by atoms with E-state index in [0.717, 1.165) is 5.75 Å². The van der Waals surface area contributed by atoms with Crippen molar-refractivity contribution >= 4 is 17.5 Å². The van der Waals surface area contributed by atoms with Crippen LogP contribution in [-0.4, -0.2) is 25.0 Å². The van der Waals surface area contributed by atoms with E-state index in [1.54, 1.807) is 50.2 Å². The number of carbonyl (C=O) groups excluding carboxylic acids is 2. The quantitative estimate of drug-likeness (QED) is 0.798. The number of anilines is 1. The number of amides is 2. The summed E-state index contributed by atoms with van der Waals surface area (Å²) in [6.45, 7) is 5.75. The highest BCUT2D eigenvalue weighted by molar-refractivity contribution is 5.96. The average molecular weight is 358 g/mol. The van der Waals surface area contributed by atoms with Gasteiger partial charge in [0.2, 0.25) is 11.8 Å². The third-order valence-corrected chi connectivity index (χ3v) is 3.99. The molecule has 2 rings (SSSR count). The lowest BCUT2D eigenvalue weighted by Crippen LogP contribution is -2.43. The number of hydrogen-bond acceptors (Lipinski definition) is 3. The molecule has 6 heteroatoms. The van der Waals surface area contributed by atoms with E-state index >= 15 is 0 Å². The Labute approximate surface area is 152 Å². The van der Waals surface area contributed by atoms with Crippen molar-refractivity contribution < 1.29 is 18.7 Å². The number of carbonyl (C=O) groups is 2. The topological polar surface area (TPSA) is 67.4 Å². The van der Waals surface area contributed by atoms with Crippen LogP contribution in [0.4, 0.5) is 10.1 Å². The largest absolute Gasteiger partial charge is 0.494 e. The van der Waals surface area contributed by atoms with Gasteiger partial charge in [-0.05, 0) is 62.7 Å². The van der Waals surface area contributed by atoms with Gasteiger partial charge in [-0.15, -0.1) is 0 Å². The number of benzene rings is 2. The summed E-state index contributed by atoms with van der Waals surface area (Å²) in [6.07, 6.45) is 0. The molecule has 0 unspecified atom stereocenters. The van der Waals surface area contributed by atoms with Crippen molar-refractivity contribution in [1.29, 1.82) is 0 Å². The molecule has 0 bridgehead atoms. The van der Waals surface area contributed by atoms with Gasteiger partial charge < -0.3 is 15.4 Å². The van der Waals surface area contributed by atoms with Crippen LogP contribution in [0.15, 0.2) is 48.5 Å². The van der Waals surface area contributed by atoms with Crippen LogP contribution < -0.4 is 15.4 Å². The smallest absolute Gasteiger partial charge is 0.243 e. The molecule has 0 heterocycles. The van der Waals surface area contributed by atoms with Gasteiger partial charge in [0, 0.05) is 5.69 Å². The predicted molar refractivity (Wildman–Crippen MR) is 98.7 cm³/mol. The molecule has 0 aliphatic rings. The maximum Gasteiger partial charge on any atom is 0.243 e. The maximum absolute atomic E-state index is 13.0. The second-order valence-electron chi connectivity index (χ2n) is 6.32. The molecule has 26 heavy (non-hydrogen) atoms. The monoisotopic (exact) mass is 358 g/mol. The van der Waals surface area contributed by atoms with Gasteiger partial charge in [-0.2, -0.15) is 0 Å². The van der Waals surface area contributed by atoms with Crippen LogP contribution in [0.1, 0.15) is 26.3 Å². The van der Waals surface area contributed by atoms with Crippen molar-refractivity contribution in [1.82, 2.24) is 5.32 Å². The molecule has 2 aromatic carbocycles. The fourth-order valence-electron chi connectivity index (χ4n) is 2.39. The van der Waals surface area contributed by atoms with Crippen molar-refractivity contribution in [2.75, 3.05) is 18.5 Å². The van der Waals surface area contributed by atoms with Crippen LogP contribution in [0.5, 0.6) is 5.75 Å². The van der Waals surface area contributed by atoms with Crippen molar-refractivity contribution in [2.24, 2.45) is 0 Å². The summed E-state index contributed by atoms with van der Waals surface area (Å²) in [4.78, 5) is 24.5. The molecule has 0 saturated carbocycles. The van der Waals surface area contributed by atoms with Gasteiger partial charge in [-0.1, -0.05) is 12.1 Å². The van der Waals surface area contributed by atoms with Gasteiger partial charge in [0.05, 0.1) is 18.6 Å². The molecule has 5 nitrogen and oxygen atoms in total. The summed E-state index contributed by atoms with van der Waals surface area (Å²) in [7, 11) is 0. The van der Waals surface area contributed by atoms with Crippen molar-refractivity contribution in [3.05, 3.63) is 59.9 Å². The lowest BCUT2D eigenvalue weighted by Gasteiger charge is -2.24. The third kappa shape index (κ3) is 5.05. The second kappa shape index (κ2) is 8.47. The van der Waals surface area contributed by atoms with Gasteiger partial charge in [-0.3, -0.25) is 9.59 Å². The molecular weight excluding hydrogens is 335 g/mol. The predicted octanol–water partition coefficient (Wildman–Crippen LogP) is 3.26. The molecule has 2 amide bonds. The summed E-state index contributed by atoms with van der Waals surface area (Å²) in [5, 5.41) is 5.32. The Bertz CT molecular complexity index is 756. The van der Waals surface area contributed by atoms with E-state index in [1.165, 1.54) is 12.1 Å². The minimum Gasteiger partial charge on any atom is -0.494 e. The zero-order valence-corrected chi connectivity index (χ0v) is 15.1. The molecule has 0 aliphatic carbocycles. The maximum atomic E-state index is 13.0. The zero-order chi connectivity index (χ0) is 19.2. The van der Waals surface area contributed by atoms with E-state index in [2.05, 4.69) is 10.6 Å². The summed E-state index contributed by atoms with van der Waals surface area (Å²) in [6, 6.07) is 12.7. The molecule has 0 spiro atoms. The van der Waals surface area contributed by atoms with Crippen LogP contribution in [-0.2, 0) is 15.0 Å². The van der Waals surface area contributed by atoms with Crippen LogP contribution in [0.2, 0.25) is 0 Å². The van der Waals surface area contributed by atoms with Crippen LogP contribution >= 0.6 is 0 Å². The molecule has 0 atom stereocenters. The molecular formula is C20H23FN2O3. The zero-order valence-electron chi connectivity index (χ0n) is 15.1. The molecule has 2 N–H and O–H groups in total. The number of halogens is 1. The average Bonchev–Trinajstić information content (AvgIpc) is 2.62. The lowest BCUT2D eigenvalue weighted by atomic mass is 9.83. The highest BCUT2D eigenvalue weighted by atomic mass is 19.1. The Hall–Kier alpha value is -2.89. The summed E-state index contributed by atoms with van der Waals surface area (Å²) < 4.78 is 18.4. The first-order valence-electron chi connectivity index (χ1n) is 8.40. The fourth-order valence-corrected chi connectivity index (χ4v) is 2.39.